The predicted octanol–water partition coefficient (Wildman–Crippen LogP) is 1.66. The number of carboxylic acids is 1. The molecule has 0 saturated heterocycles. The molecule has 0 aromatic heterocycles. The molecule has 4 nitrogen and oxygen atoms in total. The predicted molar refractivity (Wildman–Crippen MR) is 68.7 cm³/mol. The van der Waals surface area contributed by atoms with Crippen LogP contribution in [0.15, 0.2) is 24.3 Å². The molecule has 0 radical (unpaired) electrons. The monoisotopic (exact) mass is 234 g/mol. The molecule has 0 spiro atoms. The highest BCUT2D eigenvalue weighted by Gasteiger charge is 2.23. The molecule has 1 atom stereocenters. The second-order valence-corrected chi connectivity index (χ2v) is 4.75. The van der Waals surface area contributed by atoms with Crippen molar-refractivity contribution in [2.75, 3.05) is 36.5 Å². The summed E-state index contributed by atoms with van der Waals surface area (Å²) in [6.45, 7) is 3.95. The summed E-state index contributed by atoms with van der Waals surface area (Å²) in [7, 11) is 2.06. The SMILES string of the molecule is CC1CN(C)c2ccccc2N(CC(=O)O)C1. The average molecular weight is 234 g/mol. The van der Waals surface area contributed by atoms with Gasteiger partial charge in [-0.15, -0.1) is 0 Å². The van der Waals surface area contributed by atoms with Gasteiger partial charge in [0.15, 0.2) is 0 Å². The second kappa shape index (κ2) is 4.65. The summed E-state index contributed by atoms with van der Waals surface area (Å²) < 4.78 is 0. The molecule has 0 bridgehead atoms. The summed E-state index contributed by atoms with van der Waals surface area (Å²) in [5, 5.41) is 8.98. The maximum atomic E-state index is 10.9. The zero-order valence-corrected chi connectivity index (χ0v) is 10.3. The molecule has 2 rings (SSSR count). The van der Waals surface area contributed by atoms with Gasteiger partial charge in [0.25, 0.3) is 0 Å². The van der Waals surface area contributed by atoms with Gasteiger partial charge in [-0.1, -0.05) is 19.1 Å². The summed E-state index contributed by atoms with van der Waals surface area (Å²) in [4.78, 5) is 15.1. The van der Waals surface area contributed by atoms with Crippen LogP contribution in [-0.4, -0.2) is 37.8 Å². The highest BCUT2D eigenvalue weighted by atomic mass is 16.4. The quantitative estimate of drug-likeness (QED) is 0.845. The normalized spacial score (nSPS) is 19.8. The van der Waals surface area contributed by atoms with Crippen molar-refractivity contribution in [2.45, 2.75) is 6.92 Å². The van der Waals surface area contributed by atoms with Gasteiger partial charge >= 0.3 is 5.97 Å². The highest BCUT2D eigenvalue weighted by Crippen LogP contribution is 2.32. The van der Waals surface area contributed by atoms with Crippen molar-refractivity contribution in [3.8, 4) is 0 Å². The molecule has 0 fully saturated rings. The molecule has 92 valence electrons. The van der Waals surface area contributed by atoms with Gasteiger partial charge in [0.1, 0.15) is 6.54 Å². The first kappa shape index (κ1) is 11.8. The van der Waals surface area contributed by atoms with Crippen LogP contribution in [0.3, 0.4) is 0 Å². The summed E-state index contributed by atoms with van der Waals surface area (Å²) in [6, 6.07) is 7.98. The Hall–Kier alpha value is -1.71. The van der Waals surface area contributed by atoms with Crippen LogP contribution in [0.2, 0.25) is 0 Å². The standard InChI is InChI=1S/C13H18N2O2/c1-10-7-14(2)11-5-3-4-6-12(11)15(8-10)9-13(16)17/h3-6,10H,7-9H2,1-2H3,(H,16,17). The fourth-order valence-electron chi connectivity index (χ4n) is 2.47. The molecule has 1 aliphatic heterocycles. The molecular weight excluding hydrogens is 216 g/mol. The number of hydrogen-bond donors (Lipinski definition) is 1. The largest absolute Gasteiger partial charge is 0.480 e. The van der Waals surface area contributed by atoms with E-state index < -0.39 is 5.97 Å². The van der Waals surface area contributed by atoms with Gasteiger partial charge < -0.3 is 14.9 Å². The Bertz CT molecular complexity index is 420. The third-order valence-corrected chi connectivity index (χ3v) is 3.08. The minimum atomic E-state index is -0.781. The third kappa shape index (κ3) is 2.52. The molecule has 4 heteroatoms. The van der Waals surface area contributed by atoms with E-state index in [0.29, 0.717) is 5.92 Å². The van der Waals surface area contributed by atoms with E-state index >= 15 is 0 Å². The maximum Gasteiger partial charge on any atom is 0.323 e. The van der Waals surface area contributed by atoms with Crippen LogP contribution in [0.1, 0.15) is 6.92 Å². The van der Waals surface area contributed by atoms with E-state index in [2.05, 4.69) is 18.9 Å². The van der Waals surface area contributed by atoms with E-state index in [1.54, 1.807) is 0 Å². The molecule has 1 N–H and O–H groups in total. The number of fused-ring (bicyclic) bond motifs is 1. The molecule has 1 aliphatic rings. The fraction of sp³-hybridized carbons (Fsp3) is 0.462. The van der Waals surface area contributed by atoms with Crippen molar-refractivity contribution in [3.05, 3.63) is 24.3 Å². The average Bonchev–Trinajstić information content (AvgIpc) is 2.37. The van der Waals surface area contributed by atoms with Crippen LogP contribution in [-0.2, 0) is 4.79 Å². The molecule has 1 aromatic rings. The molecule has 0 amide bonds. The van der Waals surface area contributed by atoms with Crippen LogP contribution in [0.4, 0.5) is 11.4 Å². The molecule has 0 aliphatic carbocycles. The first-order chi connectivity index (χ1) is 8.08. The van der Waals surface area contributed by atoms with Crippen LogP contribution in [0, 0.1) is 5.92 Å². The Morgan fingerprint density at radius 2 is 2.00 bits per heavy atom. The minimum absolute atomic E-state index is 0.0647. The van der Waals surface area contributed by atoms with Crippen molar-refractivity contribution in [1.29, 1.82) is 0 Å². The van der Waals surface area contributed by atoms with Crippen molar-refractivity contribution in [1.82, 2.24) is 0 Å². The van der Waals surface area contributed by atoms with Gasteiger partial charge in [0.05, 0.1) is 11.4 Å². The number of carboxylic acid groups (broad SMARTS) is 1. The van der Waals surface area contributed by atoms with E-state index in [1.165, 1.54) is 0 Å². The van der Waals surface area contributed by atoms with Crippen molar-refractivity contribution < 1.29 is 9.90 Å². The molecule has 1 heterocycles. The Balaban J connectivity index is 2.38. The van der Waals surface area contributed by atoms with Gasteiger partial charge in [-0.3, -0.25) is 4.79 Å². The lowest BCUT2D eigenvalue weighted by molar-refractivity contribution is -0.135. The smallest absolute Gasteiger partial charge is 0.323 e. The Kier molecular flexibility index (Phi) is 3.22. The first-order valence-electron chi connectivity index (χ1n) is 5.85. The van der Waals surface area contributed by atoms with Gasteiger partial charge in [0.2, 0.25) is 0 Å². The van der Waals surface area contributed by atoms with E-state index in [1.807, 2.05) is 29.2 Å². The number of anilines is 2. The zero-order valence-electron chi connectivity index (χ0n) is 10.3. The summed E-state index contributed by atoms with van der Waals surface area (Å²) in [5.41, 5.74) is 2.12. The Labute approximate surface area is 101 Å². The molecule has 1 unspecified atom stereocenters. The third-order valence-electron chi connectivity index (χ3n) is 3.08. The zero-order chi connectivity index (χ0) is 12.4. The van der Waals surface area contributed by atoms with Crippen LogP contribution >= 0.6 is 0 Å². The van der Waals surface area contributed by atoms with Crippen molar-refractivity contribution >= 4 is 17.3 Å². The van der Waals surface area contributed by atoms with Crippen molar-refractivity contribution in [3.63, 3.8) is 0 Å². The fourth-order valence-corrected chi connectivity index (χ4v) is 2.47. The summed E-state index contributed by atoms with van der Waals surface area (Å²) in [6.07, 6.45) is 0. The number of aliphatic carboxylic acids is 1. The molecule has 1 aromatic carbocycles. The summed E-state index contributed by atoms with van der Waals surface area (Å²) >= 11 is 0. The minimum Gasteiger partial charge on any atom is -0.480 e. The summed E-state index contributed by atoms with van der Waals surface area (Å²) in [5.74, 6) is -0.330. The lowest BCUT2D eigenvalue weighted by Crippen LogP contribution is -2.33. The van der Waals surface area contributed by atoms with Crippen LogP contribution < -0.4 is 9.80 Å². The number of nitrogens with zero attached hydrogens (tertiary/aromatic N) is 2. The second-order valence-electron chi connectivity index (χ2n) is 4.75. The van der Waals surface area contributed by atoms with Gasteiger partial charge in [-0.25, -0.2) is 0 Å². The van der Waals surface area contributed by atoms with E-state index in [-0.39, 0.29) is 6.54 Å². The molecule has 17 heavy (non-hydrogen) atoms. The molecular formula is C13H18N2O2. The van der Waals surface area contributed by atoms with Gasteiger partial charge in [-0.05, 0) is 18.1 Å². The Morgan fingerprint density at radius 3 is 2.65 bits per heavy atom. The lowest BCUT2D eigenvalue weighted by atomic mass is 10.1. The van der Waals surface area contributed by atoms with Crippen LogP contribution in [0.25, 0.3) is 0 Å². The lowest BCUT2D eigenvalue weighted by Gasteiger charge is -2.24. The molecule has 0 saturated carbocycles. The topological polar surface area (TPSA) is 43.8 Å². The van der Waals surface area contributed by atoms with Gasteiger partial charge in [0, 0.05) is 20.1 Å². The highest BCUT2D eigenvalue weighted by molar-refractivity contribution is 5.79. The van der Waals surface area contributed by atoms with Crippen LogP contribution in [0.5, 0.6) is 0 Å². The van der Waals surface area contributed by atoms with E-state index in [0.717, 1.165) is 24.5 Å². The number of rotatable bonds is 2. The number of benzene rings is 1. The van der Waals surface area contributed by atoms with E-state index in [9.17, 15) is 4.79 Å². The number of hydrogen-bond acceptors (Lipinski definition) is 3. The Morgan fingerprint density at radius 1 is 1.35 bits per heavy atom. The van der Waals surface area contributed by atoms with E-state index in [4.69, 9.17) is 5.11 Å². The van der Waals surface area contributed by atoms with Crippen molar-refractivity contribution in [2.24, 2.45) is 5.92 Å². The maximum absolute atomic E-state index is 10.9. The first-order valence-corrected chi connectivity index (χ1v) is 5.85. The number of carbonyl (C=O) groups is 1. The van der Waals surface area contributed by atoms with Gasteiger partial charge in [-0.2, -0.15) is 0 Å². The number of para-hydroxylation sites is 2.